The molecule has 210 valence electrons. The van der Waals surface area contributed by atoms with Crippen LogP contribution in [0.25, 0.3) is 0 Å². The third kappa shape index (κ3) is 3.97. The van der Waals surface area contributed by atoms with Crippen LogP contribution in [0, 0.1) is 57.2 Å². The predicted molar refractivity (Wildman–Crippen MR) is 138 cm³/mol. The third-order valence-electron chi connectivity index (χ3n) is 12.5. The normalized spacial score (nSPS) is 48.4. The molecule has 4 rings (SSSR count). The van der Waals surface area contributed by atoms with Crippen molar-refractivity contribution >= 4 is 17.5 Å². The van der Waals surface area contributed by atoms with Crippen molar-refractivity contribution in [3.05, 3.63) is 0 Å². The number of fused-ring (bicyclic) bond motifs is 5. The van der Waals surface area contributed by atoms with Crippen LogP contribution in [0.5, 0.6) is 0 Å². The lowest BCUT2D eigenvalue weighted by atomic mass is 9.37. The molecular weight excluding hydrogens is 472 g/mol. The van der Waals surface area contributed by atoms with E-state index < -0.39 is 46.4 Å². The molecule has 4 aliphatic carbocycles. The average molecular weight is 521 g/mol. The van der Waals surface area contributed by atoms with E-state index in [-0.39, 0.29) is 59.4 Å². The van der Waals surface area contributed by atoms with E-state index in [4.69, 9.17) is 0 Å². The SMILES string of the molecule is CC(CC(=O)CC(C)C1CC(O)C2(C)C3C(O)CC4C(C)(C)C(O)CCC4(C)C3C(=O)CC12C)C(=O)O. The highest BCUT2D eigenvalue weighted by molar-refractivity contribution is 5.85. The molecule has 0 bridgehead atoms. The maximum atomic E-state index is 14.1. The van der Waals surface area contributed by atoms with Crippen molar-refractivity contribution in [3.8, 4) is 0 Å². The van der Waals surface area contributed by atoms with Gasteiger partial charge in [0, 0.05) is 36.5 Å². The van der Waals surface area contributed by atoms with Gasteiger partial charge in [-0.05, 0) is 59.7 Å². The smallest absolute Gasteiger partial charge is 0.306 e. The number of aliphatic hydroxyl groups is 3. The Morgan fingerprint density at radius 1 is 0.973 bits per heavy atom. The number of Topliss-reactive ketones (excluding diaryl/α,β-unsaturated/α-hetero) is 2. The molecule has 12 unspecified atom stereocenters. The summed E-state index contributed by atoms with van der Waals surface area (Å²) in [7, 11) is 0. The van der Waals surface area contributed by atoms with Crippen molar-refractivity contribution in [2.75, 3.05) is 0 Å². The number of ketones is 2. The number of rotatable bonds is 6. The van der Waals surface area contributed by atoms with Crippen molar-refractivity contribution in [2.24, 2.45) is 57.2 Å². The molecule has 4 N–H and O–H groups in total. The first-order chi connectivity index (χ1) is 16.9. The number of carbonyl (C=O) groups is 3. The monoisotopic (exact) mass is 520 g/mol. The molecule has 37 heavy (non-hydrogen) atoms. The van der Waals surface area contributed by atoms with Gasteiger partial charge < -0.3 is 20.4 Å². The number of carboxylic acids is 1. The summed E-state index contributed by atoms with van der Waals surface area (Å²) in [6.07, 6.45) is 0.859. The topological polar surface area (TPSA) is 132 Å². The van der Waals surface area contributed by atoms with Gasteiger partial charge in [0.05, 0.1) is 24.2 Å². The molecule has 0 aromatic heterocycles. The fraction of sp³-hybridized carbons (Fsp3) is 0.900. The first-order valence-electron chi connectivity index (χ1n) is 14.2. The second-order valence-corrected chi connectivity index (χ2v) is 14.6. The second kappa shape index (κ2) is 9.12. The Balaban J connectivity index is 1.67. The summed E-state index contributed by atoms with van der Waals surface area (Å²) in [6.45, 7) is 13.9. The molecule has 4 aliphatic rings. The summed E-state index contributed by atoms with van der Waals surface area (Å²) in [4.78, 5) is 38.1. The van der Waals surface area contributed by atoms with E-state index in [9.17, 15) is 34.8 Å². The van der Waals surface area contributed by atoms with Crippen LogP contribution in [-0.2, 0) is 14.4 Å². The first kappa shape index (κ1) is 28.7. The van der Waals surface area contributed by atoms with E-state index >= 15 is 0 Å². The van der Waals surface area contributed by atoms with Crippen LogP contribution in [-0.4, -0.2) is 56.3 Å². The summed E-state index contributed by atoms with van der Waals surface area (Å²) < 4.78 is 0. The Kier molecular flexibility index (Phi) is 7.08. The summed E-state index contributed by atoms with van der Waals surface area (Å²) in [6, 6.07) is 0. The number of carbonyl (C=O) groups excluding carboxylic acids is 2. The summed E-state index contributed by atoms with van der Waals surface area (Å²) in [5, 5.41) is 43.4. The van der Waals surface area contributed by atoms with Gasteiger partial charge in [0.1, 0.15) is 11.6 Å². The maximum absolute atomic E-state index is 14.1. The van der Waals surface area contributed by atoms with E-state index in [0.717, 1.165) is 6.42 Å². The van der Waals surface area contributed by atoms with Gasteiger partial charge in [-0.2, -0.15) is 0 Å². The lowest BCUT2D eigenvalue weighted by Gasteiger charge is -2.67. The summed E-state index contributed by atoms with van der Waals surface area (Å²) in [5.41, 5.74) is -2.06. The Morgan fingerprint density at radius 2 is 1.59 bits per heavy atom. The van der Waals surface area contributed by atoms with Crippen LogP contribution >= 0.6 is 0 Å². The highest BCUT2D eigenvalue weighted by Gasteiger charge is 2.74. The molecule has 0 heterocycles. The molecule has 0 spiro atoms. The Hall–Kier alpha value is -1.31. The minimum atomic E-state index is -0.989. The molecule has 0 radical (unpaired) electrons. The van der Waals surface area contributed by atoms with E-state index in [2.05, 4.69) is 34.6 Å². The third-order valence-corrected chi connectivity index (χ3v) is 12.5. The van der Waals surface area contributed by atoms with E-state index in [1.54, 1.807) is 0 Å². The standard InChI is InChI=1S/C30H48O7/c1-15(10-17(31)11-16(2)26(36)37)18-12-23(35)30(7)25-19(32)13-21-27(3,4)22(34)8-9-28(21,5)24(25)20(33)14-29(18,30)6/h15-16,18-19,21-25,32,34-35H,8-14H2,1-7H3,(H,36,37). The summed E-state index contributed by atoms with van der Waals surface area (Å²) in [5.74, 6) is -2.68. The van der Waals surface area contributed by atoms with Gasteiger partial charge in [0.2, 0.25) is 0 Å². The van der Waals surface area contributed by atoms with Gasteiger partial charge in [-0.15, -0.1) is 0 Å². The van der Waals surface area contributed by atoms with E-state index in [1.807, 2.05) is 6.92 Å². The lowest BCUT2D eigenvalue weighted by molar-refractivity contribution is -0.237. The van der Waals surface area contributed by atoms with Crippen molar-refractivity contribution < 1.29 is 34.8 Å². The van der Waals surface area contributed by atoms with Gasteiger partial charge in [-0.3, -0.25) is 14.4 Å². The zero-order valence-corrected chi connectivity index (χ0v) is 23.7. The van der Waals surface area contributed by atoms with Gasteiger partial charge >= 0.3 is 5.97 Å². The molecule has 0 amide bonds. The Bertz CT molecular complexity index is 960. The second-order valence-electron chi connectivity index (χ2n) is 14.6. The first-order valence-corrected chi connectivity index (χ1v) is 14.2. The Morgan fingerprint density at radius 3 is 2.19 bits per heavy atom. The van der Waals surface area contributed by atoms with Gasteiger partial charge in [-0.1, -0.05) is 48.5 Å². The lowest BCUT2D eigenvalue weighted by Crippen LogP contribution is -2.69. The zero-order valence-electron chi connectivity index (χ0n) is 23.7. The zero-order chi connectivity index (χ0) is 27.9. The summed E-state index contributed by atoms with van der Waals surface area (Å²) >= 11 is 0. The van der Waals surface area contributed by atoms with Crippen molar-refractivity contribution in [1.82, 2.24) is 0 Å². The minimum absolute atomic E-state index is 0.000908. The van der Waals surface area contributed by atoms with E-state index in [0.29, 0.717) is 25.7 Å². The fourth-order valence-electron chi connectivity index (χ4n) is 10.2. The van der Waals surface area contributed by atoms with Crippen LogP contribution < -0.4 is 0 Å². The van der Waals surface area contributed by atoms with Crippen LogP contribution in [0.1, 0.15) is 93.4 Å². The fourth-order valence-corrected chi connectivity index (χ4v) is 10.2. The quantitative estimate of drug-likeness (QED) is 0.418. The van der Waals surface area contributed by atoms with Crippen LogP contribution in [0.4, 0.5) is 0 Å². The molecule has 0 saturated heterocycles. The van der Waals surface area contributed by atoms with Gasteiger partial charge in [-0.25, -0.2) is 0 Å². The number of carboxylic acid groups (broad SMARTS) is 1. The molecule has 0 aromatic carbocycles. The number of aliphatic hydroxyl groups excluding tert-OH is 3. The van der Waals surface area contributed by atoms with Crippen LogP contribution in [0.15, 0.2) is 0 Å². The minimum Gasteiger partial charge on any atom is -0.481 e. The van der Waals surface area contributed by atoms with Gasteiger partial charge in [0.25, 0.3) is 0 Å². The predicted octanol–water partition coefficient (Wildman–Crippen LogP) is 3.86. The molecule has 7 nitrogen and oxygen atoms in total. The number of hydrogen-bond donors (Lipinski definition) is 4. The van der Waals surface area contributed by atoms with Crippen molar-refractivity contribution in [3.63, 3.8) is 0 Å². The van der Waals surface area contributed by atoms with Gasteiger partial charge in [0.15, 0.2) is 0 Å². The highest BCUT2D eigenvalue weighted by Crippen LogP contribution is 2.73. The number of hydrogen-bond acceptors (Lipinski definition) is 6. The Labute approximate surface area is 221 Å². The molecule has 12 atom stereocenters. The van der Waals surface area contributed by atoms with Crippen molar-refractivity contribution in [1.29, 1.82) is 0 Å². The van der Waals surface area contributed by atoms with E-state index in [1.165, 1.54) is 6.92 Å². The molecule has 4 saturated carbocycles. The number of aliphatic carboxylic acids is 1. The van der Waals surface area contributed by atoms with Crippen LogP contribution in [0.3, 0.4) is 0 Å². The molecule has 0 aliphatic heterocycles. The van der Waals surface area contributed by atoms with Crippen molar-refractivity contribution in [2.45, 2.75) is 112 Å². The molecule has 0 aromatic rings. The van der Waals surface area contributed by atoms with Crippen LogP contribution in [0.2, 0.25) is 0 Å². The highest BCUT2D eigenvalue weighted by atomic mass is 16.4. The largest absolute Gasteiger partial charge is 0.481 e. The molecular formula is C30H48O7. The molecule has 4 fully saturated rings. The average Bonchev–Trinajstić information content (AvgIpc) is 2.99. The molecule has 7 heteroatoms. The maximum Gasteiger partial charge on any atom is 0.306 e.